The summed E-state index contributed by atoms with van der Waals surface area (Å²) in [6.45, 7) is 1.39. The van der Waals surface area contributed by atoms with Gasteiger partial charge in [-0.15, -0.1) is 10.2 Å². The van der Waals surface area contributed by atoms with Gasteiger partial charge in [-0.2, -0.15) is 23.4 Å². The molecule has 5 aromatic rings. The number of carboxylic acid groups (broad SMARTS) is 1. The number of nitrogens with zero attached hydrogens (tertiary/aromatic N) is 5. The maximum absolute atomic E-state index is 12.1. The molecule has 0 saturated carbocycles. The van der Waals surface area contributed by atoms with Crippen molar-refractivity contribution in [3.63, 3.8) is 0 Å². The molecule has 0 spiro atoms. The van der Waals surface area contributed by atoms with Crippen LogP contribution in [-0.2, 0) is 21.6 Å². The quantitative estimate of drug-likeness (QED) is 0.0429. The lowest BCUT2D eigenvalue weighted by atomic mass is 10.0. The maximum Gasteiger partial charge on any atom is 0.337 e. The van der Waals surface area contributed by atoms with E-state index >= 15 is 0 Å². The molecule has 1 heterocycles. The van der Waals surface area contributed by atoms with Gasteiger partial charge in [0, 0.05) is 16.6 Å². The van der Waals surface area contributed by atoms with Crippen molar-refractivity contribution < 1.29 is 43.2 Å². The number of phenolic OH excluding ortho intramolecular Hbond substituents is 1. The Balaban J connectivity index is 1.62. The number of aromatic carboxylic acids is 1. The average Bonchev–Trinajstić information content (AvgIpc) is 2.97. The second-order valence-electron chi connectivity index (χ2n) is 9.42. The molecule has 0 aliphatic carbocycles. The summed E-state index contributed by atoms with van der Waals surface area (Å²) in [7, 11) is -4.74. The molecule has 0 atom stereocenters. The van der Waals surface area contributed by atoms with Gasteiger partial charge < -0.3 is 26.0 Å². The zero-order valence-electron chi connectivity index (χ0n) is 23.1. The smallest absolute Gasteiger partial charge is 0.337 e. The lowest BCUT2D eigenvalue weighted by molar-refractivity contribution is -0.252. The van der Waals surface area contributed by atoms with E-state index in [1.54, 1.807) is 37.3 Å². The van der Waals surface area contributed by atoms with E-state index in [-0.39, 0.29) is 51.9 Å². The second-order valence-corrected chi connectivity index (χ2v) is 10.8. The summed E-state index contributed by atoms with van der Waals surface area (Å²) >= 11 is 0. The van der Waals surface area contributed by atoms with Gasteiger partial charge in [0.25, 0.3) is 10.1 Å². The number of carbonyl (C=O) groups is 1. The number of aryl methyl sites for hydroxylation is 1. The van der Waals surface area contributed by atoms with Crippen LogP contribution in [0.3, 0.4) is 0 Å². The van der Waals surface area contributed by atoms with Crippen LogP contribution in [0.25, 0.3) is 10.8 Å². The first-order valence-corrected chi connectivity index (χ1v) is 14.2. The molecule has 5 rings (SSSR count). The number of benzene rings is 4. The summed E-state index contributed by atoms with van der Waals surface area (Å²) in [4.78, 5) is 27.1. The highest BCUT2D eigenvalue weighted by Gasteiger charge is 2.21. The van der Waals surface area contributed by atoms with Crippen molar-refractivity contribution in [3.05, 3.63) is 83.4 Å². The van der Waals surface area contributed by atoms with Gasteiger partial charge in [-0.25, -0.2) is 9.68 Å². The van der Waals surface area contributed by atoms with Crippen LogP contribution in [0.15, 0.2) is 81.9 Å². The number of hydrogen-bond donors (Lipinski definition) is 7. The number of rotatable bonds is 10. The molecule has 0 unspecified atom stereocenters. The van der Waals surface area contributed by atoms with Crippen LogP contribution in [0.5, 0.6) is 11.8 Å². The molecular formula is C28H23N7O9S. The van der Waals surface area contributed by atoms with E-state index in [1.807, 2.05) is 0 Å². The monoisotopic (exact) mass is 633 g/mol. The van der Waals surface area contributed by atoms with Crippen LogP contribution in [-0.4, -0.2) is 54.5 Å². The standard InChI is InChI=1S/C28H23N7O9S/c1-14-10-16-11-17(45(41,42)43)12-21(22(16)24(36)23(14)35-34-20-9-5-3-7-18(20)25(37)38)30-27-31-26(32-28(39)33-27)29-19-8-4-2-6-15(19)13-44-40/h2-12,36,40H,13H2,1H3,(H,37,38)(H,41,42,43)(H3,29,30,31,32,33,39). The fourth-order valence-corrected chi connectivity index (χ4v) is 4.94. The zero-order valence-corrected chi connectivity index (χ0v) is 23.9. The third kappa shape index (κ3) is 6.76. The summed E-state index contributed by atoms with van der Waals surface area (Å²) in [5.41, 5.74) is 1.01. The number of anilines is 4. The second kappa shape index (κ2) is 12.5. The average molecular weight is 634 g/mol. The predicted molar refractivity (Wildman–Crippen MR) is 160 cm³/mol. The number of aromatic nitrogens is 3. The summed E-state index contributed by atoms with van der Waals surface area (Å²) < 4.78 is 34.1. The molecule has 0 bridgehead atoms. The van der Waals surface area contributed by atoms with E-state index in [1.165, 1.54) is 24.3 Å². The molecule has 0 fully saturated rings. The minimum Gasteiger partial charge on any atom is -0.505 e. The van der Waals surface area contributed by atoms with Gasteiger partial charge in [0.1, 0.15) is 18.0 Å². The Labute approximate surface area is 254 Å². The van der Waals surface area contributed by atoms with E-state index < -0.39 is 32.7 Å². The third-order valence-electron chi connectivity index (χ3n) is 6.39. The van der Waals surface area contributed by atoms with Crippen LogP contribution in [0, 0.1) is 6.92 Å². The summed E-state index contributed by atoms with van der Waals surface area (Å²) in [5, 5.41) is 53.8. The van der Waals surface area contributed by atoms with Gasteiger partial charge in [-0.1, -0.05) is 30.3 Å². The van der Waals surface area contributed by atoms with Crippen LogP contribution < -0.4 is 10.6 Å². The molecule has 0 aliphatic rings. The molecule has 17 heteroatoms. The first-order chi connectivity index (χ1) is 21.4. The van der Waals surface area contributed by atoms with Gasteiger partial charge >= 0.3 is 12.0 Å². The maximum atomic E-state index is 12.1. The molecule has 0 amide bonds. The summed E-state index contributed by atoms with van der Waals surface area (Å²) in [6.07, 6.45) is 0. The normalized spacial score (nSPS) is 11.6. The molecule has 230 valence electrons. The third-order valence-corrected chi connectivity index (χ3v) is 7.22. The van der Waals surface area contributed by atoms with Crippen molar-refractivity contribution in [1.29, 1.82) is 0 Å². The Morgan fingerprint density at radius 3 is 2.27 bits per heavy atom. The Kier molecular flexibility index (Phi) is 8.50. The van der Waals surface area contributed by atoms with Crippen LogP contribution >= 0.6 is 0 Å². The number of phenols is 1. The zero-order chi connectivity index (χ0) is 32.3. The van der Waals surface area contributed by atoms with Crippen molar-refractivity contribution >= 4 is 61.5 Å². The Morgan fingerprint density at radius 2 is 1.58 bits per heavy atom. The minimum atomic E-state index is -4.74. The molecule has 1 aromatic heterocycles. The summed E-state index contributed by atoms with van der Waals surface area (Å²) in [5.74, 6) is -2.15. The number of carboxylic acids is 1. The number of para-hydroxylation sites is 1. The lowest BCUT2D eigenvalue weighted by Crippen LogP contribution is -2.06. The molecule has 7 N–H and O–H groups in total. The van der Waals surface area contributed by atoms with E-state index in [4.69, 9.17) is 5.26 Å². The largest absolute Gasteiger partial charge is 0.505 e. The molecule has 16 nitrogen and oxygen atoms in total. The highest BCUT2D eigenvalue weighted by atomic mass is 32.2. The molecule has 0 radical (unpaired) electrons. The topological polar surface area (TPSA) is 249 Å². The van der Waals surface area contributed by atoms with Crippen molar-refractivity contribution in [1.82, 2.24) is 15.0 Å². The first kappa shape index (κ1) is 30.7. The first-order valence-electron chi connectivity index (χ1n) is 12.8. The SMILES string of the molecule is Cc1cc2cc(S(=O)(=O)O)cc(Nc3nc(O)nc(Nc4ccccc4COO)n3)c2c(O)c1N=Nc1ccccc1C(=O)O. The van der Waals surface area contributed by atoms with Crippen LogP contribution in [0.2, 0.25) is 0 Å². The number of fused-ring (bicyclic) bond motifs is 1. The van der Waals surface area contributed by atoms with E-state index in [0.29, 0.717) is 16.8 Å². The van der Waals surface area contributed by atoms with Gasteiger partial charge in [0.15, 0.2) is 5.75 Å². The van der Waals surface area contributed by atoms with Gasteiger partial charge in [0.05, 0.1) is 16.1 Å². The fraction of sp³-hybridized carbons (Fsp3) is 0.0714. The van der Waals surface area contributed by atoms with Gasteiger partial charge in [-0.3, -0.25) is 9.81 Å². The number of nitrogens with one attached hydrogen (secondary N) is 2. The molecular weight excluding hydrogens is 610 g/mol. The van der Waals surface area contributed by atoms with Crippen molar-refractivity contribution in [2.24, 2.45) is 10.2 Å². The van der Waals surface area contributed by atoms with E-state index in [0.717, 1.165) is 12.1 Å². The van der Waals surface area contributed by atoms with Crippen molar-refractivity contribution in [2.45, 2.75) is 18.4 Å². The van der Waals surface area contributed by atoms with E-state index in [2.05, 4.69) is 40.7 Å². The number of hydrogen-bond acceptors (Lipinski definition) is 14. The Morgan fingerprint density at radius 1 is 0.911 bits per heavy atom. The van der Waals surface area contributed by atoms with Crippen molar-refractivity contribution in [3.8, 4) is 11.8 Å². The molecule has 4 aromatic carbocycles. The van der Waals surface area contributed by atoms with Crippen LogP contribution in [0.4, 0.5) is 34.6 Å². The Bertz CT molecular complexity index is 2090. The summed E-state index contributed by atoms with van der Waals surface area (Å²) in [6, 6.07) is 15.4. The Hall–Kier alpha value is -5.75. The lowest BCUT2D eigenvalue weighted by Gasteiger charge is -2.15. The number of aromatic hydroxyl groups is 2. The van der Waals surface area contributed by atoms with E-state index in [9.17, 15) is 33.1 Å². The minimum absolute atomic E-state index is 0.00770. The fourth-order valence-electron chi connectivity index (χ4n) is 4.40. The van der Waals surface area contributed by atoms with Gasteiger partial charge in [0.2, 0.25) is 11.9 Å². The number of azo groups is 1. The molecule has 0 aliphatic heterocycles. The highest BCUT2D eigenvalue weighted by molar-refractivity contribution is 7.85. The van der Waals surface area contributed by atoms with Gasteiger partial charge in [-0.05, 0) is 54.3 Å². The highest BCUT2D eigenvalue weighted by Crippen LogP contribution is 2.44. The van der Waals surface area contributed by atoms with Crippen LogP contribution in [0.1, 0.15) is 21.5 Å². The predicted octanol–water partition coefficient (Wildman–Crippen LogP) is 5.58. The molecule has 0 saturated heterocycles. The molecule has 45 heavy (non-hydrogen) atoms. The van der Waals surface area contributed by atoms with Crippen molar-refractivity contribution in [2.75, 3.05) is 10.6 Å².